The lowest BCUT2D eigenvalue weighted by atomic mass is 10.2. The summed E-state index contributed by atoms with van der Waals surface area (Å²) in [6, 6.07) is 13.2. The molecule has 0 saturated heterocycles. The van der Waals surface area contributed by atoms with Crippen molar-refractivity contribution in [3.8, 4) is 11.8 Å². The van der Waals surface area contributed by atoms with Gasteiger partial charge in [-0.3, -0.25) is 10.1 Å². The van der Waals surface area contributed by atoms with Gasteiger partial charge in [0.25, 0.3) is 5.69 Å². The fourth-order valence-corrected chi connectivity index (χ4v) is 1.68. The molecule has 0 aliphatic carbocycles. The standard InChI is InChI=1S/C14H11N3O3/c15-8-10-2-1-3-12(6-10)20-9-11-4-5-14(17(18)19)13(16)7-11/h1-7H,9,16H2. The van der Waals surface area contributed by atoms with E-state index in [2.05, 4.69) is 0 Å². The van der Waals surface area contributed by atoms with Crippen LogP contribution in [-0.4, -0.2) is 4.92 Å². The van der Waals surface area contributed by atoms with E-state index in [0.717, 1.165) is 5.56 Å². The first-order valence-corrected chi connectivity index (χ1v) is 5.76. The highest BCUT2D eigenvalue weighted by Gasteiger charge is 2.11. The molecule has 0 bridgehead atoms. The van der Waals surface area contributed by atoms with Crippen LogP contribution >= 0.6 is 0 Å². The van der Waals surface area contributed by atoms with Crippen molar-refractivity contribution >= 4 is 11.4 Å². The van der Waals surface area contributed by atoms with E-state index in [0.29, 0.717) is 11.3 Å². The summed E-state index contributed by atoms with van der Waals surface area (Å²) < 4.78 is 5.51. The Balaban J connectivity index is 2.09. The van der Waals surface area contributed by atoms with E-state index >= 15 is 0 Å². The van der Waals surface area contributed by atoms with Gasteiger partial charge < -0.3 is 10.5 Å². The van der Waals surface area contributed by atoms with Crippen molar-refractivity contribution in [1.82, 2.24) is 0 Å². The second-order valence-corrected chi connectivity index (χ2v) is 4.08. The Morgan fingerprint density at radius 2 is 2.10 bits per heavy atom. The molecule has 2 N–H and O–H groups in total. The van der Waals surface area contributed by atoms with Gasteiger partial charge in [-0.2, -0.15) is 5.26 Å². The Morgan fingerprint density at radius 1 is 1.30 bits per heavy atom. The molecule has 2 aromatic rings. The van der Waals surface area contributed by atoms with E-state index in [-0.39, 0.29) is 18.0 Å². The molecule has 0 aliphatic heterocycles. The van der Waals surface area contributed by atoms with E-state index in [4.69, 9.17) is 15.7 Å². The van der Waals surface area contributed by atoms with E-state index in [1.165, 1.54) is 12.1 Å². The molecule has 2 aromatic carbocycles. The molecular weight excluding hydrogens is 258 g/mol. The van der Waals surface area contributed by atoms with Crippen molar-refractivity contribution in [2.75, 3.05) is 5.73 Å². The van der Waals surface area contributed by atoms with Crippen LogP contribution in [0.15, 0.2) is 42.5 Å². The fourth-order valence-electron chi connectivity index (χ4n) is 1.68. The van der Waals surface area contributed by atoms with Crippen molar-refractivity contribution in [3.05, 3.63) is 63.7 Å². The number of nitrogen functional groups attached to an aromatic ring is 1. The van der Waals surface area contributed by atoms with Crippen molar-refractivity contribution in [2.45, 2.75) is 6.61 Å². The van der Waals surface area contributed by atoms with E-state index in [1.54, 1.807) is 30.3 Å². The van der Waals surface area contributed by atoms with Gasteiger partial charge >= 0.3 is 0 Å². The van der Waals surface area contributed by atoms with Gasteiger partial charge in [-0.1, -0.05) is 6.07 Å². The number of nitro groups is 1. The Labute approximate surface area is 115 Å². The van der Waals surface area contributed by atoms with Crippen molar-refractivity contribution in [1.29, 1.82) is 5.26 Å². The molecule has 0 atom stereocenters. The molecule has 0 fully saturated rings. The molecule has 2 rings (SSSR count). The van der Waals surface area contributed by atoms with Crippen LogP contribution in [0.25, 0.3) is 0 Å². The summed E-state index contributed by atoms with van der Waals surface area (Å²) in [5, 5.41) is 19.4. The van der Waals surface area contributed by atoms with Crippen LogP contribution in [0.4, 0.5) is 11.4 Å². The highest BCUT2D eigenvalue weighted by molar-refractivity contribution is 5.59. The van der Waals surface area contributed by atoms with Gasteiger partial charge in [-0.15, -0.1) is 0 Å². The predicted octanol–water partition coefficient (Wildman–Crippen LogP) is 2.63. The van der Waals surface area contributed by atoms with Crippen molar-refractivity contribution < 1.29 is 9.66 Å². The summed E-state index contributed by atoms with van der Waals surface area (Å²) in [6.07, 6.45) is 0. The lowest BCUT2D eigenvalue weighted by Gasteiger charge is -2.07. The van der Waals surface area contributed by atoms with Crippen LogP contribution in [0, 0.1) is 21.4 Å². The molecule has 6 nitrogen and oxygen atoms in total. The lowest BCUT2D eigenvalue weighted by molar-refractivity contribution is -0.383. The molecule has 0 unspecified atom stereocenters. The molecule has 20 heavy (non-hydrogen) atoms. The molecule has 0 heterocycles. The molecule has 100 valence electrons. The third-order valence-electron chi connectivity index (χ3n) is 2.66. The Bertz CT molecular complexity index is 692. The van der Waals surface area contributed by atoms with Crippen LogP contribution in [0.1, 0.15) is 11.1 Å². The maximum Gasteiger partial charge on any atom is 0.292 e. The average molecular weight is 269 g/mol. The summed E-state index contributed by atoms with van der Waals surface area (Å²) in [5.41, 5.74) is 6.79. The molecule has 0 spiro atoms. The van der Waals surface area contributed by atoms with Gasteiger partial charge in [-0.05, 0) is 35.9 Å². The zero-order valence-corrected chi connectivity index (χ0v) is 10.4. The summed E-state index contributed by atoms with van der Waals surface area (Å²) in [6.45, 7) is 0.219. The highest BCUT2D eigenvalue weighted by Crippen LogP contribution is 2.23. The van der Waals surface area contributed by atoms with E-state index in [9.17, 15) is 10.1 Å². The number of hydrogen-bond acceptors (Lipinski definition) is 5. The van der Waals surface area contributed by atoms with Crippen molar-refractivity contribution in [3.63, 3.8) is 0 Å². The SMILES string of the molecule is N#Cc1cccc(OCc2ccc([N+](=O)[O-])c(N)c2)c1. The maximum absolute atomic E-state index is 10.6. The molecular formula is C14H11N3O3. The number of anilines is 1. The van der Waals surface area contributed by atoms with E-state index < -0.39 is 4.92 Å². The topological polar surface area (TPSA) is 102 Å². The van der Waals surface area contributed by atoms with Gasteiger partial charge in [0.1, 0.15) is 18.0 Å². The van der Waals surface area contributed by atoms with Crippen LogP contribution in [0.2, 0.25) is 0 Å². The molecule has 0 radical (unpaired) electrons. The molecule has 0 amide bonds. The smallest absolute Gasteiger partial charge is 0.292 e. The lowest BCUT2D eigenvalue weighted by Crippen LogP contribution is -2.00. The maximum atomic E-state index is 10.6. The normalized spacial score (nSPS) is 9.75. The van der Waals surface area contributed by atoms with Gasteiger partial charge in [0, 0.05) is 6.07 Å². The Morgan fingerprint density at radius 3 is 2.75 bits per heavy atom. The quantitative estimate of drug-likeness (QED) is 0.522. The number of hydrogen-bond donors (Lipinski definition) is 1. The van der Waals surface area contributed by atoms with E-state index in [1.807, 2.05) is 6.07 Å². The first-order chi connectivity index (χ1) is 9.60. The number of nitro benzene ring substituents is 1. The molecule has 6 heteroatoms. The van der Waals surface area contributed by atoms with Crippen LogP contribution in [-0.2, 0) is 6.61 Å². The van der Waals surface area contributed by atoms with Gasteiger partial charge in [0.05, 0.1) is 16.6 Å². The summed E-state index contributed by atoms with van der Waals surface area (Å²) in [4.78, 5) is 10.1. The third kappa shape index (κ3) is 3.03. The minimum absolute atomic E-state index is 0.0990. The number of nitrogens with zero attached hydrogens (tertiary/aromatic N) is 2. The molecule has 0 aliphatic rings. The third-order valence-corrected chi connectivity index (χ3v) is 2.66. The average Bonchev–Trinajstić information content (AvgIpc) is 2.45. The minimum Gasteiger partial charge on any atom is -0.489 e. The first kappa shape index (κ1) is 13.4. The first-order valence-electron chi connectivity index (χ1n) is 5.76. The van der Waals surface area contributed by atoms with Crippen LogP contribution < -0.4 is 10.5 Å². The summed E-state index contributed by atoms with van der Waals surface area (Å²) >= 11 is 0. The van der Waals surface area contributed by atoms with Gasteiger partial charge in [0.2, 0.25) is 0 Å². The second-order valence-electron chi connectivity index (χ2n) is 4.08. The summed E-state index contributed by atoms with van der Waals surface area (Å²) in [5.74, 6) is 0.556. The number of ether oxygens (including phenoxy) is 1. The predicted molar refractivity (Wildman–Crippen MR) is 73.0 cm³/mol. The van der Waals surface area contributed by atoms with Crippen molar-refractivity contribution in [2.24, 2.45) is 0 Å². The number of nitrogens with two attached hydrogens (primary N) is 1. The van der Waals surface area contributed by atoms with Crippen LogP contribution in [0.3, 0.4) is 0 Å². The number of rotatable bonds is 4. The largest absolute Gasteiger partial charge is 0.489 e. The van der Waals surface area contributed by atoms with Crippen LogP contribution in [0.5, 0.6) is 5.75 Å². The minimum atomic E-state index is -0.531. The van der Waals surface area contributed by atoms with Gasteiger partial charge in [0.15, 0.2) is 0 Å². The Kier molecular flexibility index (Phi) is 3.82. The number of nitriles is 1. The zero-order chi connectivity index (χ0) is 14.5. The zero-order valence-electron chi connectivity index (χ0n) is 10.4. The fraction of sp³-hybridized carbons (Fsp3) is 0.0714. The Hall–Kier alpha value is -3.07. The monoisotopic (exact) mass is 269 g/mol. The summed E-state index contributed by atoms with van der Waals surface area (Å²) in [7, 11) is 0. The van der Waals surface area contributed by atoms with Gasteiger partial charge in [-0.25, -0.2) is 0 Å². The molecule has 0 saturated carbocycles. The molecule has 0 aromatic heterocycles. The number of benzene rings is 2. The highest BCUT2D eigenvalue weighted by atomic mass is 16.6. The second kappa shape index (κ2) is 5.71.